The van der Waals surface area contributed by atoms with Gasteiger partial charge in [-0.3, -0.25) is 10.1 Å². The summed E-state index contributed by atoms with van der Waals surface area (Å²) in [7, 11) is 2.06. The van der Waals surface area contributed by atoms with E-state index in [4.69, 9.17) is 0 Å². The first-order valence-corrected chi connectivity index (χ1v) is 6.16. The van der Waals surface area contributed by atoms with Crippen LogP contribution >= 0.6 is 0 Å². The van der Waals surface area contributed by atoms with E-state index in [9.17, 15) is 28.5 Å². The number of esters is 2. The van der Waals surface area contributed by atoms with E-state index in [-0.39, 0.29) is 5.69 Å². The summed E-state index contributed by atoms with van der Waals surface area (Å²) in [6, 6.07) is 2.70. The smallest absolute Gasteiger partial charge is 0.387 e. The predicted molar refractivity (Wildman–Crippen MR) is 75.5 cm³/mol. The molecule has 0 saturated heterocycles. The Morgan fingerprint density at radius 1 is 1.29 bits per heavy atom. The summed E-state index contributed by atoms with van der Waals surface area (Å²) in [6.45, 7) is -3.21. The van der Waals surface area contributed by atoms with E-state index in [0.717, 1.165) is 32.4 Å². The number of hydrogen-bond acceptors (Lipinski definition) is 8. The summed E-state index contributed by atoms with van der Waals surface area (Å²) in [5.41, 5.74) is -1.30. The molecule has 0 aromatic heterocycles. The molecule has 0 aliphatic carbocycles. The average molecular weight is 346 g/mol. The lowest BCUT2D eigenvalue weighted by Crippen LogP contribution is -2.16. The molecule has 0 fully saturated rings. The number of methoxy groups -OCH3 is 2. The van der Waals surface area contributed by atoms with E-state index in [0.29, 0.717) is 6.08 Å². The number of hydrogen-bond donors (Lipinski definition) is 1. The monoisotopic (exact) mass is 346 g/mol. The highest BCUT2D eigenvalue weighted by Crippen LogP contribution is 2.31. The normalized spacial score (nSPS) is 11.0. The lowest BCUT2D eigenvalue weighted by Gasteiger charge is -2.13. The SMILES string of the molecule is COC(=O)/C=C(/Nc1cc([N+](=O)[O-])ccc1OC(F)F)C(=O)OC. The van der Waals surface area contributed by atoms with Gasteiger partial charge in [-0.1, -0.05) is 0 Å². The number of carbonyl (C=O) groups excluding carboxylic acids is 2. The lowest BCUT2D eigenvalue weighted by atomic mass is 10.2. The summed E-state index contributed by atoms with van der Waals surface area (Å²) in [5, 5.41) is 13.1. The van der Waals surface area contributed by atoms with Gasteiger partial charge < -0.3 is 19.5 Å². The zero-order valence-electron chi connectivity index (χ0n) is 12.4. The molecule has 11 heteroatoms. The Labute approximate surface area is 133 Å². The fourth-order valence-electron chi connectivity index (χ4n) is 1.51. The fraction of sp³-hybridized carbons (Fsp3) is 0.231. The molecule has 0 radical (unpaired) electrons. The van der Waals surface area contributed by atoms with E-state index >= 15 is 0 Å². The quantitative estimate of drug-likeness (QED) is 0.344. The molecule has 0 bridgehead atoms. The van der Waals surface area contributed by atoms with Crippen molar-refractivity contribution in [3.8, 4) is 5.75 Å². The molecule has 1 N–H and O–H groups in total. The third-order valence-electron chi connectivity index (χ3n) is 2.53. The van der Waals surface area contributed by atoms with Gasteiger partial charge in [-0.2, -0.15) is 8.78 Å². The number of nitro groups is 1. The standard InChI is InChI=1S/C13H12F2N2O7/c1-22-11(18)6-9(12(19)23-2)16-8-5-7(17(20)21)3-4-10(8)24-13(14)15/h3-6,13,16H,1-2H3/b9-6+. The minimum Gasteiger partial charge on any atom is -0.466 e. The van der Waals surface area contributed by atoms with Crippen molar-refractivity contribution >= 4 is 23.3 Å². The molecule has 9 nitrogen and oxygen atoms in total. The molecular weight excluding hydrogens is 334 g/mol. The Kier molecular flexibility index (Phi) is 6.59. The Bertz CT molecular complexity index is 676. The molecule has 130 valence electrons. The number of benzene rings is 1. The highest BCUT2D eigenvalue weighted by molar-refractivity contribution is 5.99. The number of carbonyl (C=O) groups is 2. The molecule has 0 saturated carbocycles. The van der Waals surface area contributed by atoms with Crippen molar-refractivity contribution in [3.05, 3.63) is 40.1 Å². The van der Waals surface area contributed by atoms with Crippen LogP contribution < -0.4 is 10.1 Å². The zero-order chi connectivity index (χ0) is 18.3. The van der Waals surface area contributed by atoms with Gasteiger partial charge in [-0.15, -0.1) is 0 Å². The van der Waals surface area contributed by atoms with Crippen LogP contribution in [0, 0.1) is 10.1 Å². The summed E-state index contributed by atoms with van der Waals surface area (Å²) >= 11 is 0. The molecule has 0 atom stereocenters. The average Bonchev–Trinajstić information content (AvgIpc) is 2.53. The third-order valence-corrected chi connectivity index (χ3v) is 2.53. The molecule has 1 aromatic rings. The van der Waals surface area contributed by atoms with E-state index in [2.05, 4.69) is 19.5 Å². The number of non-ortho nitro benzene ring substituents is 1. The molecule has 1 rings (SSSR count). The molecule has 0 amide bonds. The van der Waals surface area contributed by atoms with Gasteiger partial charge >= 0.3 is 18.6 Å². The second-order valence-corrected chi connectivity index (χ2v) is 4.01. The van der Waals surface area contributed by atoms with E-state index in [1.165, 1.54) is 0 Å². The molecule has 24 heavy (non-hydrogen) atoms. The molecule has 0 heterocycles. The summed E-state index contributed by atoms with van der Waals surface area (Å²) in [4.78, 5) is 32.9. The maximum atomic E-state index is 12.4. The predicted octanol–water partition coefficient (Wildman–Crippen LogP) is 1.84. The van der Waals surface area contributed by atoms with Crippen molar-refractivity contribution in [2.24, 2.45) is 0 Å². The van der Waals surface area contributed by atoms with Crippen LogP contribution in [0.1, 0.15) is 0 Å². The highest BCUT2D eigenvalue weighted by atomic mass is 19.3. The number of nitro benzene ring substituents is 1. The van der Waals surface area contributed by atoms with Crippen LogP contribution in [0.5, 0.6) is 5.75 Å². The van der Waals surface area contributed by atoms with Crippen molar-refractivity contribution in [2.45, 2.75) is 6.61 Å². The van der Waals surface area contributed by atoms with Crippen molar-refractivity contribution in [1.82, 2.24) is 0 Å². The molecule has 0 aliphatic rings. The molecule has 0 aliphatic heterocycles. The van der Waals surface area contributed by atoms with Gasteiger partial charge in [0.25, 0.3) is 5.69 Å². The van der Waals surface area contributed by atoms with Gasteiger partial charge in [0, 0.05) is 12.1 Å². The molecular formula is C13H12F2N2O7. The number of nitrogens with zero attached hydrogens (tertiary/aromatic N) is 1. The minimum atomic E-state index is -3.21. The summed E-state index contributed by atoms with van der Waals surface area (Å²) in [6.07, 6.45) is 0.691. The molecule has 1 aromatic carbocycles. The van der Waals surface area contributed by atoms with Crippen LogP contribution in [0.25, 0.3) is 0 Å². The lowest BCUT2D eigenvalue weighted by molar-refractivity contribution is -0.384. The summed E-state index contributed by atoms with van der Waals surface area (Å²) in [5.74, 6) is -2.45. The van der Waals surface area contributed by atoms with Crippen LogP contribution in [-0.4, -0.2) is 37.7 Å². The topological polar surface area (TPSA) is 117 Å². The number of rotatable bonds is 7. The van der Waals surface area contributed by atoms with Gasteiger partial charge in [0.2, 0.25) is 0 Å². The van der Waals surface area contributed by atoms with Crippen molar-refractivity contribution in [1.29, 1.82) is 0 Å². The maximum Gasteiger partial charge on any atom is 0.387 e. The Morgan fingerprint density at radius 3 is 2.46 bits per heavy atom. The first kappa shape index (κ1) is 18.8. The Hall–Kier alpha value is -3.24. The fourth-order valence-corrected chi connectivity index (χ4v) is 1.51. The van der Waals surface area contributed by atoms with Crippen LogP contribution in [0.2, 0.25) is 0 Å². The van der Waals surface area contributed by atoms with Crippen molar-refractivity contribution in [2.75, 3.05) is 19.5 Å². The minimum absolute atomic E-state index is 0.343. The van der Waals surface area contributed by atoms with Crippen molar-refractivity contribution in [3.63, 3.8) is 0 Å². The third kappa shape index (κ3) is 5.19. The number of anilines is 1. The number of alkyl halides is 2. The van der Waals surface area contributed by atoms with E-state index in [1.54, 1.807) is 0 Å². The summed E-state index contributed by atoms with van der Waals surface area (Å²) < 4.78 is 37.8. The number of nitrogens with one attached hydrogen (secondary N) is 1. The molecule has 0 spiro atoms. The second-order valence-electron chi connectivity index (χ2n) is 4.01. The second kappa shape index (κ2) is 8.41. The van der Waals surface area contributed by atoms with Gasteiger partial charge in [0.1, 0.15) is 11.4 Å². The Morgan fingerprint density at radius 2 is 1.96 bits per heavy atom. The van der Waals surface area contributed by atoms with Crippen LogP contribution in [0.3, 0.4) is 0 Å². The zero-order valence-corrected chi connectivity index (χ0v) is 12.4. The van der Waals surface area contributed by atoms with Gasteiger partial charge in [-0.05, 0) is 6.07 Å². The van der Waals surface area contributed by atoms with E-state index < -0.39 is 40.6 Å². The number of ether oxygens (including phenoxy) is 3. The first-order chi connectivity index (χ1) is 11.3. The largest absolute Gasteiger partial charge is 0.466 e. The number of halogens is 2. The van der Waals surface area contributed by atoms with Gasteiger partial charge in [0.05, 0.1) is 30.9 Å². The van der Waals surface area contributed by atoms with Crippen molar-refractivity contribution < 1.29 is 37.5 Å². The van der Waals surface area contributed by atoms with E-state index in [1.807, 2.05) is 0 Å². The van der Waals surface area contributed by atoms with Crippen LogP contribution in [0.4, 0.5) is 20.2 Å². The maximum absolute atomic E-state index is 12.4. The van der Waals surface area contributed by atoms with Crippen LogP contribution in [-0.2, 0) is 19.1 Å². The molecule has 0 unspecified atom stereocenters. The van der Waals surface area contributed by atoms with Gasteiger partial charge in [-0.25, -0.2) is 9.59 Å². The Balaban J connectivity index is 3.30. The first-order valence-electron chi connectivity index (χ1n) is 6.16. The van der Waals surface area contributed by atoms with Gasteiger partial charge in [0.15, 0.2) is 0 Å². The van der Waals surface area contributed by atoms with Crippen LogP contribution in [0.15, 0.2) is 30.0 Å². The highest BCUT2D eigenvalue weighted by Gasteiger charge is 2.19.